The first-order chi connectivity index (χ1) is 8.81. The maximum absolute atomic E-state index is 5.89. The van der Waals surface area contributed by atoms with E-state index in [1.807, 2.05) is 18.2 Å². The first kappa shape index (κ1) is 13.2. The molecule has 1 saturated carbocycles. The zero-order valence-corrected chi connectivity index (χ0v) is 11.2. The van der Waals surface area contributed by atoms with Gasteiger partial charge in [-0.15, -0.1) is 0 Å². The summed E-state index contributed by atoms with van der Waals surface area (Å²) in [5.41, 5.74) is 6.72. The number of ether oxygens (including phenoxy) is 2. The first-order valence-electron chi connectivity index (χ1n) is 6.82. The van der Waals surface area contributed by atoms with E-state index in [4.69, 9.17) is 15.2 Å². The minimum Gasteiger partial charge on any atom is -0.497 e. The van der Waals surface area contributed by atoms with Gasteiger partial charge in [-0.3, -0.25) is 0 Å². The number of methoxy groups -OCH3 is 1. The Balaban J connectivity index is 1.94. The number of benzene rings is 1. The molecule has 100 valence electrons. The second kappa shape index (κ2) is 6.64. The lowest BCUT2D eigenvalue weighted by Crippen LogP contribution is -2.15. The normalized spacial score (nSPS) is 16.6. The lowest BCUT2D eigenvalue weighted by Gasteiger charge is -2.22. The fraction of sp³-hybridized carbons (Fsp3) is 0.600. The molecule has 0 saturated heterocycles. The van der Waals surface area contributed by atoms with Gasteiger partial charge in [-0.25, -0.2) is 0 Å². The summed E-state index contributed by atoms with van der Waals surface area (Å²) in [6.45, 7) is 1.33. The van der Waals surface area contributed by atoms with Crippen molar-refractivity contribution in [2.45, 2.75) is 38.6 Å². The van der Waals surface area contributed by atoms with E-state index in [9.17, 15) is 0 Å². The van der Waals surface area contributed by atoms with Crippen LogP contribution in [0.15, 0.2) is 18.2 Å². The summed E-state index contributed by atoms with van der Waals surface area (Å²) < 4.78 is 11.1. The van der Waals surface area contributed by atoms with Gasteiger partial charge in [0.25, 0.3) is 0 Å². The van der Waals surface area contributed by atoms with E-state index in [1.165, 1.54) is 32.1 Å². The Morgan fingerprint density at radius 1 is 1.11 bits per heavy atom. The van der Waals surface area contributed by atoms with Crippen molar-refractivity contribution in [3.63, 3.8) is 0 Å². The highest BCUT2D eigenvalue weighted by Gasteiger charge is 2.14. The van der Waals surface area contributed by atoms with Crippen LogP contribution in [-0.4, -0.2) is 13.7 Å². The number of hydrogen-bond acceptors (Lipinski definition) is 3. The number of hydrogen-bond donors (Lipinski definition) is 1. The molecule has 0 atom stereocenters. The SMILES string of the molecule is COc1cc(CN)cc(OCC2CCCCC2)c1. The van der Waals surface area contributed by atoms with Crippen LogP contribution in [0.25, 0.3) is 0 Å². The van der Waals surface area contributed by atoms with Crippen LogP contribution >= 0.6 is 0 Å². The molecule has 18 heavy (non-hydrogen) atoms. The van der Waals surface area contributed by atoms with Gasteiger partial charge in [-0.1, -0.05) is 19.3 Å². The predicted molar refractivity (Wildman–Crippen MR) is 73.0 cm³/mol. The van der Waals surface area contributed by atoms with Crippen molar-refractivity contribution in [1.82, 2.24) is 0 Å². The van der Waals surface area contributed by atoms with Crippen molar-refractivity contribution in [2.75, 3.05) is 13.7 Å². The molecule has 0 aromatic heterocycles. The average molecular weight is 249 g/mol. The minimum atomic E-state index is 0.511. The highest BCUT2D eigenvalue weighted by atomic mass is 16.5. The molecule has 1 aromatic carbocycles. The zero-order chi connectivity index (χ0) is 12.8. The largest absolute Gasteiger partial charge is 0.497 e. The van der Waals surface area contributed by atoms with Gasteiger partial charge in [0.2, 0.25) is 0 Å². The summed E-state index contributed by atoms with van der Waals surface area (Å²) in [7, 11) is 1.67. The zero-order valence-electron chi connectivity index (χ0n) is 11.2. The lowest BCUT2D eigenvalue weighted by atomic mass is 9.90. The summed E-state index contributed by atoms with van der Waals surface area (Å²) in [6.07, 6.45) is 6.68. The molecule has 0 spiro atoms. The molecular formula is C15H23NO2. The third-order valence-corrected chi connectivity index (χ3v) is 3.62. The van der Waals surface area contributed by atoms with Crippen LogP contribution in [0, 0.1) is 5.92 Å². The second-order valence-electron chi connectivity index (χ2n) is 5.04. The van der Waals surface area contributed by atoms with E-state index in [0.29, 0.717) is 12.5 Å². The highest BCUT2D eigenvalue weighted by molar-refractivity contribution is 5.38. The Bertz CT molecular complexity index is 351. The molecule has 2 N–H and O–H groups in total. The fourth-order valence-electron chi connectivity index (χ4n) is 2.52. The summed E-state index contributed by atoms with van der Waals surface area (Å²) >= 11 is 0. The molecule has 0 aliphatic heterocycles. The van der Waals surface area contributed by atoms with Crippen LogP contribution in [-0.2, 0) is 6.54 Å². The molecule has 0 unspecified atom stereocenters. The van der Waals surface area contributed by atoms with Gasteiger partial charge < -0.3 is 15.2 Å². The molecule has 2 rings (SSSR count). The van der Waals surface area contributed by atoms with E-state index >= 15 is 0 Å². The van der Waals surface area contributed by atoms with Crippen molar-refractivity contribution in [1.29, 1.82) is 0 Å². The van der Waals surface area contributed by atoms with E-state index in [-0.39, 0.29) is 0 Å². The average Bonchev–Trinajstić information content (AvgIpc) is 2.45. The monoisotopic (exact) mass is 249 g/mol. The van der Waals surface area contributed by atoms with Crippen molar-refractivity contribution >= 4 is 0 Å². The van der Waals surface area contributed by atoms with Crippen LogP contribution in [0.4, 0.5) is 0 Å². The van der Waals surface area contributed by atoms with E-state index < -0.39 is 0 Å². The Morgan fingerprint density at radius 3 is 2.50 bits per heavy atom. The first-order valence-corrected chi connectivity index (χ1v) is 6.82. The van der Waals surface area contributed by atoms with Gasteiger partial charge in [0, 0.05) is 12.6 Å². The van der Waals surface area contributed by atoms with Crippen molar-refractivity contribution in [3.05, 3.63) is 23.8 Å². The van der Waals surface area contributed by atoms with Gasteiger partial charge in [-0.05, 0) is 36.5 Å². The molecule has 1 aliphatic carbocycles. The van der Waals surface area contributed by atoms with Gasteiger partial charge >= 0.3 is 0 Å². The van der Waals surface area contributed by atoms with Crippen LogP contribution < -0.4 is 15.2 Å². The minimum absolute atomic E-state index is 0.511. The number of nitrogens with two attached hydrogens (primary N) is 1. The van der Waals surface area contributed by atoms with E-state index in [1.54, 1.807) is 7.11 Å². The van der Waals surface area contributed by atoms with Crippen LogP contribution in [0.1, 0.15) is 37.7 Å². The fourth-order valence-corrected chi connectivity index (χ4v) is 2.52. The van der Waals surface area contributed by atoms with Gasteiger partial charge in [0.15, 0.2) is 0 Å². The summed E-state index contributed by atoms with van der Waals surface area (Å²) in [6, 6.07) is 5.89. The van der Waals surface area contributed by atoms with Crippen LogP contribution in [0.2, 0.25) is 0 Å². The maximum Gasteiger partial charge on any atom is 0.123 e. The van der Waals surface area contributed by atoms with Gasteiger partial charge in [-0.2, -0.15) is 0 Å². The van der Waals surface area contributed by atoms with Gasteiger partial charge in [0.05, 0.1) is 13.7 Å². The Labute approximate surface area is 109 Å². The summed E-state index contributed by atoms with van der Waals surface area (Å²) in [5.74, 6) is 2.41. The van der Waals surface area contributed by atoms with Crippen molar-refractivity contribution in [2.24, 2.45) is 11.7 Å². The van der Waals surface area contributed by atoms with Crippen LogP contribution in [0.5, 0.6) is 11.5 Å². The molecular weight excluding hydrogens is 226 g/mol. The molecule has 3 nitrogen and oxygen atoms in total. The molecule has 0 radical (unpaired) electrons. The van der Waals surface area contributed by atoms with E-state index in [0.717, 1.165) is 23.7 Å². The lowest BCUT2D eigenvalue weighted by molar-refractivity contribution is 0.208. The Morgan fingerprint density at radius 2 is 1.83 bits per heavy atom. The van der Waals surface area contributed by atoms with Crippen LogP contribution in [0.3, 0.4) is 0 Å². The maximum atomic E-state index is 5.89. The smallest absolute Gasteiger partial charge is 0.123 e. The van der Waals surface area contributed by atoms with Gasteiger partial charge in [0.1, 0.15) is 11.5 Å². The topological polar surface area (TPSA) is 44.5 Å². The predicted octanol–water partition coefficient (Wildman–Crippen LogP) is 3.11. The Hall–Kier alpha value is -1.22. The third kappa shape index (κ3) is 3.64. The quantitative estimate of drug-likeness (QED) is 0.872. The van der Waals surface area contributed by atoms with Crippen molar-refractivity contribution in [3.8, 4) is 11.5 Å². The molecule has 0 amide bonds. The summed E-state index contributed by atoms with van der Waals surface area (Å²) in [4.78, 5) is 0. The molecule has 1 fully saturated rings. The second-order valence-corrected chi connectivity index (χ2v) is 5.04. The van der Waals surface area contributed by atoms with E-state index in [2.05, 4.69) is 0 Å². The van der Waals surface area contributed by atoms with Crippen molar-refractivity contribution < 1.29 is 9.47 Å². The molecule has 3 heteroatoms. The standard InChI is InChI=1S/C15H23NO2/c1-17-14-7-13(10-16)8-15(9-14)18-11-12-5-3-2-4-6-12/h7-9,12H,2-6,10-11,16H2,1H3. The highest BCUT2D eigenvalue weighted by Crippen LogP contribution is 2.27. The molecule has 0 bridgehead atoms. The Kier molecular flexibility index (Phi) is 4.88. The molecule has 1 aliphatic rings. The third-order valence-electron chi connectivity index (χ3n) is 3.62. The number of rotatable bonds is 5. The molecule has 0 heterocycles. The summed E-state index contributed by atoms with van der Waals surface area (Å²) in [5, 5.41) is 0. The molecule has 1 aromatic rings.